The van der Waals surface area contributed by atoms with E-state index in [0.29, 0.717) is 6.42 Å². The lowest BCUT2D eigenvalue weighted by atomic mass is 9.99. The molecule has 1 amide bonds. The average molecular weight is 1270 g/mol. The maximum Gasteiger partial charge on any atom is 0.220 e. The molecule has 0 aliphatic carbocycles. The number of aliphatic hydroxyl groups is 5. The Balaban J connectivity index is 2.04. The quantitative estimate of drug-likeness (QED) is 0.0261. The smallest absolute Gasteiger partial charge is 0.220 e. The summed E-state index contributed by atoms with van der Waals surface area (Å²) in [4.78, 5) is 13.2. The van der Waals surface area contributed by atoms with Gasteiger partial charge in [-0.1, -0.05) is 404 Å². The first-order chi connectivity index (χ1) is 44.3. The second-order valence-corrected chi connectivity index (χ2v) is 28.6. The highest BCUT2D eigenvalue weighted by molar-refractivity contribution is 5.76. The van der Waals surface area contributed by atoms with E-state index in [-0.39, 0.29) is 12.5 Å². The van der Waals surface area contributed by atoms with E-state index < -0.39 is 49.5 Å². The van der Waals surface area contributed by atoms with Crippen molar-refractivity contribution >= 4 is 5.91 Å². The molecule has 1 fully saturated rings. The van der Waals surface area contributed by atoms with Gasteiger partial charge in [0.05, 0.1) is 25.4 Å². The number of carbonyl (C=O) groups excluding carboxylic acids is 1. The monoisotopic (exact) mass is 1270 g/mol. The second-order valence-electron chi connectivity index (χ2n) is 28.6. The van der Waals surface area contributed by atoms with Crippen molar-refractivity contribution in [2.75, 3.05) is 13.2 Å². The standard InChI is InChI=1S/C81H157NO8/c1-3-5-7-9-11-13-15-17-19-21-23-25-27-29-31-33-34-35-36-37-38-39-40-41-42-43-45-47-49-51-53-55-57-59-61-63-65-67-69-71-77(85)82-74(73-89-81-80(88)79(87)78(86)76(72-83)90-81)75(84)70-68-66-64-62-60-58-56-54-52-50-48-46-44-32-30-28-26-24-22-20-18-16-14-12-10-8-6-4-2/h21,23,68,70,74-76,78-81,83-84,86-88H,3-20,22,24-67,69,71-73H2,1-2H3,(H,82,85)/b23-21-,70-68+. The first-order valence-electron chi connectivity index (χ1n) is 40.6. The zero-order valence-corrected chi connectivity index (χ0v) is 60.2. The van der Waals surface area contributed by atoms with E-state index in [1.54, 1.807) is 6.08 Å². The van der Waals surface area contributed by atoms with Crippen molar-refractivity contribution in [3.63, 3.8) is 0 Å². The van der Waals surface area contributed by atoms with Crippen molar-refractivity contribution in [2.24, 2.45) is 0 Å². The summed E-state index contributed by atoms with van der Waals surface area (Å²) in [6, 6.07) is -0.804. The fourth-order valence-electron chi connectivity index (χ4n) is 13.5. The van der Waals surface area contributed by atoms with Gasteiger partial charge in [0, 0.05) is 6.42 Å². The predicted molar refractivity (Wildman–Crippen MR) is 387 cm³/mol. The van der Waals surface area contributed by atoms with Crippen molar-refractivity contribution in [1.82, 2.24) is 5.32 Å². The van der Waals surface area contributed by atoms with Crippen LogP contribution >= 0.6 is 0 Å². The van der Waals surface area contributed by atoms with Crippen LogP contribution in [0.1, 0.15) is 431 Å². The molecule has 0 aromatic heterocycles. The van der Waals surface area contributed by atoms with Crippen LogP contribution in [-0.2, 0) is 14.3 Å². The number of unbranched alkanes of at least 4 members (excludes halogenated alkanes) is 61. The van der Waals surface area contributed by atoms with Gasteiger partial charge in [-0.25, -0.2) is 0 Å². The fraction of sp³-hybridized carbons (Fsp3) is 0.938. The SMILES string of the molecule is CCCCCCCCCC/C=C\CCCCCCCCCCCCCCCCCCCCCCCCCCCCCC(=O)NC(COC1OC(CO)C(O)C(O)C1O)C(O)/C=C/CCCCCCCCCCCCCCCCCCCCCCCCCCCC. The first-order valence-corrected chi connectivity index (χ1v) is 40.6. The molecule has 1 aliphatic rings. The van der Waals surface area contributed by atoms with Gasteiger partial charge in [0.1, 0.15) is 24.4 Å². The lowest BCUT2D eigenvalue weighted by Gasteiger charge is -2.40. The molecule has 1 saturated heterocycles. The third kappa shape index (κ3) is 58.1. The number of ether oxygens (including phenoxy) is 2. The highest BCUT2D eigenvalue weighted by Crippen LogP contribution is 2.24. The number of rotatable bonds is 73. The van der Waals surface area contributed by atoms with Crippen LogP contribution in [0, 0.1) is 0 Å². The molecule has 0 saturated carbocycles. The van der Waals surface area contributed by atoms with Crippen LogP contribution in [0.25, 0.3) is 0 Å². The number of amides is 1. The van der Waals surface area contributed by atoms with E-state index >= 15 is 0 Å². The summed E-state index contributed by atoms with van der Waals surface area (Å²) in [6.07, 6.45) is 87.7. The molecule has 0 radical (unpaired) electrons. The molecular formula is C81H157NO8. The Morgan fingerprint density at radius 1 is 0.367 bits per heavy atom. The minimum atomic E-state index is -1.57. The molecule has 7 unspecified atom stereocenters. The van der Waals surface area contributed by atoms with E-state index in [1.165, 1.54) is 372 Å². The summed E-state index contributed by atoms with van der Waals surface area (Å²) in [6.45, 7) is 3.85. The highest BCUT2D eigenvalue weighted by Gasteiger charge is 2.44. The summed E-state index contributed by atoms with van der Waals surface area (Å²) >= 11 is 0. The summed E-state index contributed by atoms with van der Waals surface area (Å²) < 4.78 is 11.4. The van der Waals surface area contributed by atoms with Crippen LogP contribution in [0.15, 0.2) is 24.3 Å². The van der Waals surface area contributed by atoms with Gasteiger partial charge in [-0.15, -0.1) is 0 Å². The molecule has 534 valence electrons. The van der Waals surface area contributed by atoms with Crippen LogP contribution in [-0.4, -0.2) is 87.5 Å². The van der Waals surface area contributed by atoms with Crippen LogP contribution < -0.4 is 5.32 Å². The second kappa shape index (κ2) is 70.5. The fourth-order valence-corrected chi connectivity index (χ4v) is 13.5. The Labute approximate surface area is 559 Å². The molecule has 9 nitrogen and oxygen atoms in total. The van der Waals surface area contributed by atoms with Gasteiger partial charge in [-0.05, 0) is 44.9 Å². The van der Waals surface area contributed by atoms with Crippen molar-refractivity contribution < 1.29 is 39.8 Å². The molecule has 0 aromatic rings. The average Bonchev–Trinajstić information content (AvgIpc) is 2.75. The lowest BCUT2D eigenvalue weighted by Crippen LogP contribution is -2.60. The number of carbonyl (C=O) groups is 1. The highest BCUT2D eigenvalue weighted by atomic mass is 16.7. The van der Waals surface area contributed by atoms with Crippen molar-refractivity contribution in [1.29, 1.82) is 0 Å². The minimum Gasteiger partial charge on any atom is -0.394 e. The van der Waals surface area contributed by atoms with Gasteiger partial charge >= 0.3 is 0 Å². The molecule has 1 rings (SSSR count). The largest absolute Gasteiger partial charge is 0.394 e. The molecule has 1 aliphatic heterocycles. The third-order valence-corrected chi connectivity index (χ3v) is 19.8. The van der Waals surface area contributed by atoms with Crippen molar-refractivity contribution in [3.8, 4) is 0 Å². The minimum absolute atomic E-state index is 0.166. The predicted octanol–water partition coefficient (Wildman–Crippen LogP) is 23.2. The van der Waals surface area contributed by atoms with Gasteiger partial charge in [0.15, 0.2) is 6.29 Å². The zero-order chi connectivity index (χ0) is 64.9. The maximum absolute atomic E-state index is 13.2. The molecule has 90 heavy (non-hydrogen) atoms. The molecular weight excluding hydrogens is 1110 g/mol. The van der Waals surface area contributed by atoms with Gasteiger partial charge in [0.2, 0.25) is 5.91 Å². The van der Waals surface area contributed by atoms with E-state index in [2.05, 4.69) is 31.3 Å². The van der Waals surface area contributed by atoms with E-state index in [9.17, 15) is 30.3 Å². The number of nitrogens with one attached hydrogen (secondary N) is 1. The number of hydrogen-bond donors (Lipinski definition) is 6. The van der Waals surface area contributed by atoms with Gasteiger partial charge in [0.25, 0.3) is 0 Å². The summed E-state index contributed by atoms with van der Waals surface area (Å²) in [5, 5.41) is 54.9. The van der Waals surface area contributed by atoms with Crippen LogP contribution in [0.3, 0.4) is 0 Å². The molecule has 6 N–H and O–H groups in total. The molecule has 0 aromatic carbocycles. The summed E-state index contributed by atoms with van der Waals surface area (Å²) in [7, 11) is 0. The molecule has 9 heteroatoms. The third-order valence-electron chi connectivity index (χ3n) is 19.8. The maximum atomic E-state index is 13.2. The Morgan fingerprint density at radius 3 is 0.900 bits per heavy atom. The number of aliphatic hydroxyl groups excluding tert-OH is 5. The van der Waals surface area contributed by atoms with E-state index in [1.807, 2.05) is 6.08 Å². The topological polar surface area (TPSA) is 149 Å². The molecule has 0 spiro atoms. The van der Waals surface area contributed by atoms with E-state index in [4.69, 9.17) is 9.47 Å². The Kier molecular flexibility index (Phi) is 67.9. The zero-order valence-electron chi connectivity index (χ0n) is 60.2. The van der Waals surface area contributed by atoms with Gasteiger partial charge in [-0.3, -0.25) is 4.79 Å². The molecule has 0 bridgehead atoms. The van der Waals surface area contributed by atoms with Crippen molar-refractivity contribution in [3.05, 3.63) is 24.3 Å². The number of hydrogen-bond acceptors (Lipinski definition) is 8. The Bertz CT molecular complexity index is 1480. The summed E-state index contributed by atoms with van der Waals surface area (Å²) in [5.74, 6) is -0.166. The molecule has 7 atom stereocenters. The Morgan fingerprint density at radius 2 is 0.622 bits per heavy atom. The lowest BCUT2D eigenvalue weighted by molar-refractivity contribution is -0.302. The van der Waals surface area contributed by atoms with Crippen LogP contribution in [0.5, 0.6) is 0 Å². The van der Waals surface area contributed by atoms with Crippen LogP contribution in [0.2, 0.25) is 0 Å². The van der Waals surface area contributed by atoms with Crippen LogP contribution in [0.4, 0.5) is 0 Å². The molecule has 1 heterocycles. The Hall–Kier alpha value is -1.33. The van der Waals surface area contributed by atoms with E-state index in [0.717, 1.165) is 38.5 Å². The number of allylic oxidation sites excluding steroid dienone is 3. The first kappa shape index (κ1) is 86.7. The van der Waals surface area contributed by atoms with Crippen molar-refractivity contribution in [2.45, 2.75) is 474 Å². The van der Waals surface area contributed by atoms with Gasteiger partial charge < -0.3 is 40.3 Å². The van der Waals surface area contributed by atoms with Gasteiger partial charge in [-0.2, -0.15) is 0 Å². The normalized spacial score (nSPS) is 17.8. The summed E-state index contributed by atoms with van der Waals surface area (Å²) in [5.41, 5.74) is 0.